The molecular weight excluding hydrogens is 480 g/mol. The monoisotopic (exact) mass is 498 g/mol. The van der Waals surface area contributed by atoms with Gasteiger partial charge in [-0.2, -0.15) is 4.98 Å². The molecule has 0 spiro atoms. The molecule has 0 atom stereocenters. The van der Waals surface area contributed by atoms with Crippen LogP contribution in [0.1, 0.15) is 25.7 Å². The summed E-state index contributed by atoms with van der Waals surface area (Å²) >= 11 is 12.0. The van der Waals surface area contributed by atoms with E-state index in [0.717, 1.165) is 25.7 Å². The molecule has 2 aromatic carbocycles. The minimum absolute atomic E-state index is 0.0561. The first-order valence-corrected chi connectivity index (χ1v) is 10.9. The maximum atomic E-state index is 12.7. The maximum Gasteiger partial charge on any atom is 0.573 e. The first-order chi connectivity index (χ1) is 15.7. The Morgan fingerprint density at radius 3 is 2.36 bits per heavy atom. The third-order valence-corrected chi connectivity index (χ3v) is 5.64. The van der Waals surface area contributed by atoms with Crippen LogP contribution >= 0.6 is 23.2 Å². The molecule has 0 radical (unpaired) electrons. The van der Waals surface area contributed by atoms with Crippen LogP contribution in [0.15, 0.2) is 42.5 Å². The molecule has 11 heteroatoms. The molecule has 0 amide bonds. The number of nitrogens with zero attached hydrogens (tertiary/aromatic N) is 2. The molecule has 174 valence electrons. The van der Waals surface area contributed by atoms with Gasteiger partial charge in [-0.1, -0.05) is 48.2 Å². The summed E-state index contributed by atoms with van der Waals surface area (Å²) in [6.45, 7) is 0. The second-order valence-electron chi connectivity index (χ2n) is 7.58. The Morgan fingerprint density at radius 2 is 1.70 bits per heavy atom. The van der Waals surface area contributed by atoms with E-state index in [-0.39, 0.29) is 27.6 Å². The predicted octanol–water partition coefficient (Wildman–Crippen LogP) is 7.15. The fourth-order valence-electron chi connectivity index (χ4n) is 3.61. The summed E-state index contributed by atoms with van der Waals surface area (Å²) in [6, 6.07) is 10.3. The first-order valence-electron chi connectivity index (χ1n) is 10.1. The van der Waals surface area contributed by atoms with Gasteiger partial charge in [-0.15, -0.1) is 13.2 Å². The van der Waals surface area contributed by atoms with Crippen LogP contribution in [0.2, 0.25) is 10.0 Å². The van der Waals surface area contributed by atoms with Crippen LogP contribution in [0.3, 0.4) is 0 Å². The van der Waals surface area contributed by atoms with Gasteiger partial charge in [0, 0.05) is 23.4 Å². The van der Waals surface area contributed by atoms with Crippen molar-refractivity contribution >= 4 is 40.7 Å². The summed E-state index contributed by atoms with van der Waals surface area (Å²) in [4.78, 5) is 8.99. The van der Waals surface area contributed by atoms with Crippen LogP contribution < -0.4 is 15.4 Å². The van der Waals surface area contributed by atoms with Crippen molar-refractivity contribution in [2.75, 3.05) is 10.6 Å². The lowest BCUT2D eigenvalue weighted by Crippen LogP contribution is -2.17. The number of phenolic OH excluding ortho intramolecular Hbond substituents is 1. The Bertz CT molecular complexity index is 1130. The lowest BCUT2D eigenvalue weighted by Gasteiger charge is -2.16. The molecule has 6 nitrogen and oxygen atoms in total. The summed E-state index contributed by atoms with van der Waals surface area (Å²) in [6.07, 6.45) is -0.639. The molecule has 1 aliphatic rings. The summed E-state index contributed by atoms with van der Waals surface area (Å²) in [5, 5.41) is 16.2. The van der Waals surface area contributed by atoms with Gasteiger partial charge in [-0.25, -0.2) is 4.98 Å². The van der Waals surface area contributed by atoms with E-state index < -0.39 is 6.36 Å². The van der Waals surface area contributed by atoms with Gasteiger partial charge in [0.25, 0.3) is 0 Å². The molecule has 0 unspecified atom stereocenters. The van der Waals surface area contributed by atoms with Crippen molar-refractivity contribution in [2.45, 2.75) is 38.1 Å². The highest BCUT2D eigenvalue weighted by Crippen LogP contribution is 2.36. The standard InChI is InChI=1S/C22H19Cl2F3N4O2/c23-16-9-14(10-17(24)20(16)32)28-19-11-18(30-21(31-19)29-13-5-1-2-6-13)12-4-3-7-15(8-12)33-22(25,26)27/h3-4,7-11,13,32H,1-2,5-6H2,(H2,28,29,30,31). The molecule has 4 rings (SSSR count). The third kappa shape index (κ3) is 6.11. The molecule has 3 aromatic rings. The molecule has 3 N–H and O–H groups in total. The van der Waals surface area contributed by atoms with E-state index in [0.29, 0.717) is 28.7 Å². The smallest absolute Gasteiger partial charge is 0.505 e. The van der Waals surface area contributed by atoms with E-state index in [1.165, 1.54) is 30.3 Å². The van der Waals surface area contributed by atoms with E-state index >= 15 is 0 Å². The van der Waals surface area contributed by atoms with Gasteiger partial charge in [0.2, 0.25) is 5.95 Å². The van der Waals surface area contributed by atoms with E-state index in [9.17, 15) is 18.3 Å². The summed E-state index contributed by atoms with van der Waals surface area (Å²) in [5.41, 5.74) is 1.27. The van der Waals surface area contributed by atoms with Crippen molar-refractivity contribution < 1.29 is 23.0 Å². The largest absolute Gasteiger partial charge is 0.573 e. The van der Waals surface area contributed by atoms with Crippen molar-refractivity contribution in [3.05, 3.63) is 52.5 Å². The number of benzene rings is 2. The predicted molar refractivity (Wildman–Crippen MR) is 121 cm³/mol. The number of hydrogen-bond donors (Lipinski definition) is 3. The molecule has 1 fully saturated rings. The summed E-state index contributed by atoms with van der Waals surface area (Å²) in [5.74, 6) is 0.105. The lowest BCUT2D eigenvalue weighted by molar-refractivity contribution is -0.274. The van der Waals surface area contributed by atoms with E-state index in [4.69, 9.17) is 23.2 Å². The SMILES string of the molecule is Oc1c(Cl)cc(Nc2cc(-c3cccc(OC(F)(F)F)c3)nc(NC3CCCC3)n2)cc1Cl. The van der Waals surface area contributed by atoms with Crippen LogP contribution in [-0.4, -0.2) is 27.5 Å². The molecule has 0 bridgehead atoms. The molecule has 1 aromatic heterocycles. The van der Waals surface area contributed by atoms with Crippen LogP contribution in [0, 0.1) is 0 Å². The van der Waals surface area contributed by atoms with Crippen molar-refractivity contribution in [3.8, 4) is 22.8 Å². The number of ether oxygens (including phenoxy) is 1. The first kappa shape index (κ1) is 23.3. The molecular formula is C22H19Cl2F3N4O2. The highest BCUT2D eigenvalue weighted by atomic mass is 35.5. The minimum Gasteiger partial charge on any atom is -0.505 e. The highest BCUT2D eigenvalue weighted by Gasteiger charge is 2.31. The van der Waals surface area contributed by atoms with Crippen LogP contribution in [0.25, 0.3) is 11.3 Å². The number of hydrogen-bond acceptors (Lipinski definition) is 6. The zero-order valence-corrected chi connectivity index (χ0v) is 18.6. The number of phenols is 1. The van der Waals surface area contributed by atoms with Gasteiger partial charge in [-0.05, 0) is 37.1 Å². The molecule has 1 heterocycles. The zero-order chi connectivity index (χ0) is 23.6. The second-order valence-corrected chi connectivity index (χ2v) is 8.39. The van der Waals surface area contributed by atoms with Crippen LogP contribution in [-0.2, 0) is 0 Å². The number of nitrogens with one attached hydrogen (secondary N) is 2. The third-order valence-electron chi connectivity index (χ3n) is 5.07. The molecule has 0 saturated heterocycles. The molecule has 33 heavy (non-hydrogen) atoms. The Morgan fingerprint density at radius 1 is 1.00 bits per heavy atom. The van der Waals surface area contributed by atoms with Crippen LogP contribution in [0.4, 0.5) is 30.6 Å². The fourth-order valence-corrected chi connectivity index (χ4v) is 4.10. The Kier molecular flexibility index (Phi) is 6.71. The summed E-state index contributed by atoms with van der Waals surface area (Å²) in [7, 11) is 0. The number of aromatic hydroxyl groups is 1. The van der Waals surface area contributed by atoms with E-state index in [1.807, 2.05) is 0 Å². The highest BCUT2D eigenvalue weighted by molar-refractivity contribution is 6.37. The minimum atomic E-state index is -4.80. The maximum absolute atomic E-state index is 12.7. The molecule has 0 aliphatic heterocycles. The number of anilines is 3. The number of aromatic nitrogens is 2. The Balaban J connectivity index is 1.70. The number of halogens is 5. The normalized spacial score (nSPS) is 14.3. The fraction of sp³-hybridized carbons (Fsp3) is 0.273. The average Bonchev–Trinajstić information content (AvgIpc) is 3.24. The summed E-state index contributed by atoms with van der Waals surface area (Å²) < 4.78 is 42.0. The van der Waals surface area contributed by atoms with E-state index in [2.05, 4.69) is 25.3 Å². The quantitative estimate of drug-likeness (QED) is 0.313. The van der Waals surface area contributed by atoms with Crippen molar-refractivity contribution in [2.24, 2.45) is 0 Å². The zero-order valence-electron chi connectivity index (χ0n) is 17.1. The van der Waals surface area contributed by atoms with Gasteiger partial charge in [-0.3, -0.25) is 0 Å². The van der Waals surface area contributed by atoms with Crippen molar-refractivity contribution in [3.63, 3.8) is 0 Å². The van der Waals surface area contributed by atoms with Crippen molar-refractivity contribution in [1.29, 1.82) is 0 Å². The molecule has 1 aliphatic carbocycles. The number of alkyl halides is 3. The van der Waals surface area contributed by atoms with Gasteiger partial charge in [0.1, 0.15) is 11.6 Å². The van der Waals surface area contributed by atoms with Gasteiger partial charge in [0.15, 0.2) is 5.75 Å². The topological polar surface area (TPSA) is 79.3 Å². The van der Waals surface area contributed by atoms with E-state index in [1.54, 1.807) is 12.1 Å². The Hall–Kier alpha value is -2.91. The lowest BCUT2D eigenvalue weighted by atomic mass is 10.1. The number of rotatable bonds is 6. The van der Waals surface area contributed by atoms with Gasteiger partial charge >= 0.3 is 6.36 Å². The van der Waals surface area contributed by atoms with Gasteiger partial charge < -0.3 is 20.5 Å². The average molecular weight is 499 g/mol. The second kappa shape index (κ2) is 9.52. The molecule has 1 saturated carbocycles. The van der Waals surface area contributed by atoms with Gasteiger partial charge in [0.05, 0.1) is 15.7 Å². The Labute approximate surface area is 197 Å². The van der Waals surface area contributed by atoms with Crippen LogP contribution in [0.5, 0.6) is 11.5 Å². The van der Waals surface area contributed by atoms with Crippen molar-refractivity contribution in [1.82, 2.24) is 9.97 Å².